The Morgan fingerprint density at radius 1 is 1.41 bits per heavy atom. The lowest BCUT2D eigenvalue weighted by Crippen LogP contribution is -2.37. The van der Waals surface area contributed by atoms with Crippen LogP contribution in [-0.2, 0) is 11.3 Å². The first-order valence-electron chi connectivity index (χ1n) is 7.67. The second kappa shape index (κ2) is 10.4. The Bertz CT molecular complexity index is 445. The van der Waals surface area contributed by atoms with Crippen molar-refractivity contribution in [2.24, 2.45) is 10.9 Å². The summed E-state index contributed by atoms with van der Waals surface area (Å²) in [5.41, 5.74) is 1.02. The van der Waals surface area contributed by atoms with Crippen LogP contribution in [0.1, 0.15) is 26.0 Å². The van der Waals surface area contributed by atoms with E-state index in [-0.39, 0.29) is 0 Å². The van der Waals surface area contributed by atoms with E-state index < -0.39 is 0 Å². The highest BCUT2D eigenvalue weighted by Gasteiger charge is 2.04. The number of aliphatic imine (C=N–C) groups is 1. The van der Waals surface area contributed by atoms with E-state index in [1.165, 1.54) is 0 Å². The SMILES string of the molecule is CN=C(NCCCOCC(C)C)NCc1csc(N(C)C)n1. The van der Waals surface area contributed by atoms with Gasteiger partial charge in [0.25, 0.3) is 0 Å². The van der Waals surface area contributed by atoms with E-state index in [4.69, 9.17) is 4.74 Å². The number of rotatable bonds is 9. The summed E-state index contributed by atoms with van der Waals surface area (Å²) >= 11 is 1.64. The van der Waals surface area contributed by atoms with Crippen molar-refractivity contribution in [3.05, 3.63) is 11.1 Å². The minimum Gasteiger partial charge on any atom is -0.381 e. The lowest BCUT2D eigenvalue weighted by Gasteiger charge is -2.11. The summed E-state index contributed by atoms with van der Waals surface area (Å²) in [5.74, 6) is 1.39. The molecule has 1 heterocycles. The highest BCUT2D eigenvalue weighted by atomic mass is 32.1. The molecule has 126 valence electrons. The summed E-state index contributed by atoms with van der Waals surface area (Å²) in [5, 5.41) is 9.63. The molecule has 0 aliphatic heterocycles. The van der Waals surface area contributed by atoms with Gasteiger partial charge >= 0.3 is 0 Å². The van der Waals surface area contributed by atoms with Crippen LogP contribution in [0.3, 0.4) is 0 Å². The molecule has 1 rings (SSSR count). The van der Waals surface area contributed by atoms with E-state index >= 15 is 0 Å². The Kier molecular flexibility index (Phi) is 8.84. The molecule has 0 unspecified atom stereocenters. The Balaban J connectivity index is 2.19. The van der Waals surface area contributed by atoms with E-state index in [0.29, 0.717) is 12.5 Å². The molecule has 0 aliphatic carbocycles. The molecule has 0 atom stereocenters. The number of guanidine groups is 1. The monoisotopic (exact) mass is 327 g/mol. The third-order valence-electron chi connectivity index (χ3n) is 2.79. The zero-order chi connectivity index (χ0) is 16.4. The largest absolute Gasteiger partial charge is 0.381 e. The molecule has 1 aromatic heterocycles. The number of nitrogens with zero attached hydrogens (tertiary/aromatic N) is 3. The first-order valence-corrected chi connectivity index (χ1v) is 8.55. The molecule has 0 radical (unpaired) electrons. The standard InChI is InChI=1S/C15H29N5OS/c1-12(2)10-21-8-6-7-17-14(16-3)18-9-13-11-22-15(19-13)20(4)5/h11-12H,6-10H2,1-5H3,(H2,16,17,18). The summed E-state index contributed by atoms with van der Waals surface area (Å²) in [6.07, 6.45) is 0.967. The molecule has 22 heavy (non-hydrogen) atoms. The van der Waals surface area contributed by atoms with Crippen LogP contribution in [0.15, 0.2) is 10.4 Å². The van der Waals surface area contributed by atoms with Gasteiger partial charge in [-0.2, -0.15) is 0 Å². The van der Waals surface area contributed by atoms with Gasteiger partial charge in [-0.05, 0) is 12.3 Å². The minimum absolute atomic E-state index is 0.590. The van der Waals surface area contributed by atoms with Crippen LogP contribution in [0.25, 0.3) is 0 Å². The fourth-order valence-electron chi connectivity index (χ4n) is 1.68. The van der Waals surface area contributed by atoms with Crippen molar-refractivity contribution in [1.29, 1.82) is 0 Å². The third kappa shape index (κ3) is 7.61. The molecule has 6 nitrogen and oxygen atoms in total. The molecule has 2 N–H and O–H groups in total. The first-order chi connectivity index (χ1) is 10.5. The van der Waals surface area contributed by atoms with E-state index in [1.54, 1.807) is 18.4 Å². The second-order valence-corrected chi connectivity index (χ2v) is 6.53. The van der Waals surface area contributed by atoms with Gasteiger partial charge in [0.05, 0.1) is 12.2 Å². The molecule has 0 amide bonds. The lowest BCUT2D eigenvalue weighted by atomic mass is 10.2. The lowest BCUT2D eigenvalue weighted by molar-refractivity contribution is 0.108. The number of ether oxygens (including phenoxy) is 1. The van der Waals surface area contributed by atoms with Gasteiger partial charge in [-0.25, -0.2) is 4.98 Å². The topological polar surface area (TPSA) is 61.8 Å². The van der Waals surface area contributed by atoms with E-state index in [0.717, 1.165) is 43.0 Å². The van der Waals surface area contributed by atoms with Crippen molar-refractivity contribution in [3.63, 3.8) is 0 Å². The average Bonchev–Trinajstić information content (AvgIpc) is 2.94. The number of hydrogen-bond acceptors (Lipinski definition) is 5. The molecule has 0 saturated heterocycles. The Hall–Kier alpha value is -1.34. The Labute approximate surface area is 138 Å². The van der Waals surface area contributed by atoms with Gasteiger partial charge in [-0.1, -0.05) is 13.8 Å². The van der Waals surface area contributed by atoms with Gasteiger partial charge in [0.15, 0.2) is 11.1 Å². The number of anilines is 1. The number of thiazole rings is 1. The molecular formula is C15H29N5OS. The van der Waals surface area contributed by atoms with Crippen LogP contribution in [0.2, 0.25) is 0 Å². The van der Waals surface area contributed by atoms with Gasteiger partial charge in [0, 0.05) is 46.3 Å². The predicted molar refractivity (Wildman–Crippen MR) is 94.9 cm³/mol. The molecule has 0 aromatic carbocycles. The maximum absolute atomic E-state index is 5.55. The summed E-state index contributed by atoms with van der Waals surface area (Å²) in [4.78, 5) is 10.8. The van der Waals surface area contributed by atoms with Gasteiger partial charge in [0.2, 0.25) is 0 Å². The maximum Gasteiger partial charge on any atom is 0.191 e. The zero-order valence-electron chi connectivity index (χ0n) is 14.3. The van der Waals surface area contributed by atoms with Crippen molar-refractivity contribution in [3.8, 4) is 0 Å². The van der Waals surface area contributed by atoms with Crippen molar-refractivity contribution >= 4 is 22.4 Å². The molecule has 7 heteroatoms. The van der Waals surface area contributed by atoms with Crippen LogP contribution in [0.5, 0.6) is 0 Å². The van der Waals surface area contributed by atoms with Gasteiger partial charge < -0.3 is 20.3 Å². The Morgan fingerprint density at radius 2 is 2.18 bits per heavy atom. The molecule has 0 fully saturated rings. The van der Waals surface area contributed by atoms with Crippen molar-refractivity contribution in [2.45, 2.75) is 26.8 Å². The smallest absolute Gasteiger partial charge is 0.191 e. The number of nitrogens with one attached hydrogen (secondary N) is 2. The van der Waals surface area contributed by atoms with Crippen molar-refractivity contribution in [1.82, 2.24) is 15.6 Å². The van der Waals surface area contributed by atoms with Gasteiger partial charge in [-0.15, -0.1) is 11.3 Å². The minimum atomic E-state index is 0.590. The second-order valence-electron chi connectivity index (χ2n) is 5.69. The molecule has 0 bridgehead atoms. The molecule has 0 saturated carbocycles. The Morgan fingerprint density at radius 3 is 2.77 bits per heavy atom. The van der Waals surface area contributed by atoms with Crippen LogP contribution in [0, 0.1) is 5.92 Å². The fraction of sp³-hybridized carbons (Fsp3) is 0.733. The zero-order valence-corrected chi connectivity index (χ0v) is 15.2. The van der Waals surface area contributed by atoms with Crippen LogP contribution in [-0.4, -0.2) is 51.8 Å². The van der Waals surface area contributed by atoms with Crippen LogP contribution < -0.4 is 15.5 Å². The van der Waals surface area contributed by atoms with E-state index in [1.807, 2.05) is 19.0 Å². The maximum atomic E-state index is 5.55. The van der Waals surface area contributed by atoms with Crippen LogP contribution >= 0.6 is 11.3 Å². The van der Waals surface area contributed by atoms with E-state index in [2.05, 4.69) is 39.8 Å². The van der Waals surface area contributed by atoms with Crippen molar-refractivity contribution in [2.75, 3.05) is 45.8 Å². The van der Waals surface area contributed by atoms with Crippen LogP contribution in [0.4, 0.5) is 5.13 Å². The first kappa shape index (κ1) is 18.7. The normalized spacial score (nSPS) is 11.8. The third-order valence-corrected chi connectivity index (χ3v) is 3.85. The number of aromatic nitrogens is 1. The summed E-state index contributed by atoms with van der Waals surface area (Å²) in [6.45, 7) is 7.44. The van der Waals surface area contributed by atoms with E-state index in [9.17, 15) is 0 Å². The fourth-order valence-corrected chi connectivity index (χ4v) is 2.44. The highest BCUT2D eigenvalue weighted by molar-refractivity contribution is 7.13. The van der Waals surface area contributed by atoms with Crippen molar-refractivity contribution < 1.29 is 4.74 Å². The molecule has 0 spiro atoms. The molecule has 0 aliphatic rings. The summed E-state index contributed by atoms with van der Waals surface area (Å²) < 4.78 is 5.55. The number of hydrogen-bond donors (Lipinski definition) is 2. The predicted octanol–water partition coefficient (Wildman–Crippen LogP) is 1.94. The molecule has 1 aromatic rings. The average molecular weight is 327 g/mol. The van der Waals surface area contributed by atoms with Gasteiger partial charge in [-0.3, -0.25) is 4.99 Å². The summed E-state index contributed by atoms with van der Waals surface area (Å²) in [6, 6.07) is 0. The highest BCUT2D eigenvalue weighted by Crippen LogP contribution is 2.17. The van der Waals surface area contributed by atoms with Gasteiger partial charge in [0.1, 0.15) is 0 Å². The quantitative estimate of drug-likeness (QED) is 0.412. The summed E-state index contributed by atoms with van der Waals surface area (Å²) in [7, 11) is 5.77. The molecular weight excluding hydrogens is 298 g/mol.